The smallest absolute Gasteiger partial charge is 0.0705 e. The van der Waals surface area contributed by atoms with Gasteiger partial charge in [-0.05, 0) is 43.0 Å². The zero-order valence-corrected chi connectivity index (χ0v) is 12.9. The molecule has 2 heteroatoms. The molecule has 0 saturated carbocycles. The summed E-state index contributed by atoms with van der Waals surface area (Å²) in [5, 5.41) is 5.00. The minimum atomic E-state index is 0.429. The van der Waals surface area contributed by atoms with Crippen molar-refractivity contribution in [3.05, 3.63) is 42.1 Å². The second-order valence-electron chi connectivity index (χ2n) is 5.67. The molecule has 0 spiro atoms. The van der Waals surface area contributed by atoms with Gasteiger partial charge in [-0.1, -0.05) is 45.4 Å². The molecule has 0 aliphatic carbocycles. The molecule has 0 amide bonds. The Morgan fingerprint density at radius 1 is 1.15 bits per heavy atom. The third kappa shape index (κ3) is 3.57. The van der Waals surface area contributed by atoms with Crippen LogP contribution < -0.4 is 5.32 Å². The quantitative estimate of drug-likeness (QED) is 0.788. The maximum atomic E-state index is 4.48. The van der Waals surface area contributed by atoms with E-state index in [0.29, 0.717) is 6.04 Å². The minimum Gasteiger partial charge on any atom is -0.310 e. The Balaban J connectivity index is 2.34. The molecule has 0 fully saturated rings. The van der Waals surface area contributed by atoms with Gasteiger partial charge in [0.25, 0.3) is 0 Å². The molecule has 0 bridgehead atoms. The van der Waals surface area contributed by atoms with E-state index in [4.69, 9.17) is 0 Å². The molecule has 2 nitrogen and oxygen atoms in total. The molecule has 1 aromatic carbocycles. The van der Waals surface area contributed by atoms with Crippen LogP contribution in [-0.2, 0) is 0 Å². The third-order valence-corrected chi connectivity index (χ3v) is 4.03. The molecule has 1 heterocycles. The van der Waals surface area contributed by atoms with Crippen molar-refractivity contribution in [3.63, 3.8) is 0 Å². The van der Waals surface area contributed by atoms with Crippen molar-refractivity contribution in [1.29, 1.82) is 0 Å². The second kappa shape index (κ2) is 7.39. The van der Waals surface area contributed by atoms with Gasteiger partial charge in [0.15, 0.2) is 0 Å². The lowest BCUT2D eigenvalue weighted by Crippen LogP contribution is -2.24. The highest BCUT2D eigenvalue weighted by atomic mass is 14.9. The standard InChI is InChI=1S/C18H26N2/c1-4-11-19-18(13-14(3)5-2)16-8-6-10-17-15(16)9-7-12-20-17/h6-10,12,14,18-19H,4-5,11,13H2,1-3H3. The predicted octanol–water partition coefficient (Wildman–Crippen LogP) is 4.71. The van der Waals surface area contributed by atoms with Crippen LogP contribution in [0.25, 0.3) is 10.9 Å². The number of rotatable bonds is 7. The van der Waals surface area contributed by atoms with Gasteiger partial charge in [-0.15, -0.1) is 0 Å². The van der Waals surface area contributed by atoms with E-state index in [2.05, 4.69) is 55.3 Å². The molecule has 108 valence electrons. The van der Waals surface area contributed by atoms with Crippen LogP contribution in [0.4, 0.5) is 0 Å². The summed E-state index contributed by atoms with van der Waals surface area (Å²) in [4.78, 5) is 4.48. The highest BCUT2D eigenvalue weighted by Gasteiger charge is 2.16. The van der Waals surface area contributed by atoms with E-state index in [1.54, 1.807) is 0 Å². The van der Waals surface area contributed by atoms with Gasteiger partial charge >= 0.3 is 0 Å². The van der Waals surface area contributed by atoms with Crippen LogP contribution in [-0.4, -0.2) is 11.5 Å². The van der Waals surface area contributed by atoms with E-state index < -0.39 is 0 Å². The summed E-state index contributed by atoms with van der Waals surface area (Å²) in [6, 6.07) is 11.1. The van der Waals surface area contributed by atoms with Gasteiger partial charge in [-0.3, -0.25) is 4.98 Å². The molecule has 1 N–H and O–H groups in total. The van der Waals surface area contributed by atoms with E-state index in [9.17, 15) is 0 Å². The Bertz CT molecular complexity index is 530. The fourth-order valence-electron chi connectivity index (χ4n) is 2.64. The van der Waals surface area contributed by atoms with E-state index >= 15 is 0 Å². The van der Waals surface area contributed by atoms with Gasteiger partial charge in [0, 0.05) is 17.6 Å². The van der Waals surface area contributed by atoms with E-state index in [1.807, 2.05) is 12.3 Å². The molecule has 2 rings (SSSR count). The average molecular weight is 270 g/mol. The maximum Gasteiger partial charge on any atom is 0.0705 e. The molecular weight excluding hydrogens is 244 g/mol. The van der Waals surface area contributed by atoms with Gasteiger partial charge in [-0.2, -0.15) is 0 Å². The van der Waals surface area contributed by atoms with E-state index in [0.717, 1.165) is 18.0 Å². The van der Waals surface area contributed by atoms with Crippen LogP contribution in [0.15, 0.2) is 36.5 Å². The molecule has 0 aliphatic heterocycles. The Morgan fingerprint density at radius 3 is 2.75 bits per heavy atom. The Kier molecular flexibility index (Phi) is 5.54. The molecule has 0 saturated heterocycles. The first kappa shape index (κ1) is 15.0. The summed E-state index contributed by atoms with van der Waals surface area (Å²) in [7, 11) is 0. The number of nitrogens with zero attached hydrogens (tertiary/aromatic N) is 1. The van der Waals surface area contributed by atoms with Crippen molar-refractivity contribution in [2.24, 2.45) is 5.92 Å². The number of hydrogen-bond acceptors (Lipinski definition) is 2. The van der Waals surface area contributed by atoms with Crippen LogP contribution in [0, 0.1) is 5.92 Å². The molecular formula is C18H26N2. The molecule has 0 radical (unpaired) electrons. The van der Waals surface area contributed by atoms with Crippen LogP contribution in [0.2, 0.25) is 0 Å². The van der Waals surface area contributed by atoms with Crippen LogP contribution in [0.1, 0.15) is 51.6 Å². The Morgan fingerprint density at radius 2 is 2.00 bits per heavy atom. The zero-order valence-electron chi connectivity index (χ0n) is 12.9. The van der Waals surface area contributed by atoms with Gasteiger partial charge in [-0.25, -0.2) is 0 Å². The average Bonchev–Trinajstić information content (AvgIpc) is 2.50. The zero-order chi connectivity index (χ0) is 14.4. The number of fused-ring (bicyclic) bond motifs is 1. The predicted molar refractivity (Wildman–Crippen MR) is 86.8 cm³/mol. The van der Waals surface area contributed by atoms with Crippen LogP contribution >= 0.6 is 0 Å². The fraction of sp³-hybridized carbons (Fsp3) is 0.500. The maximum absolute atomic E-state index is 4.48. The summed E-state index contributed by atoms with van der Waals surface area (Å²) in [6.07, 6.45) is 5.45. The fourth-order valence-corrected chi connectivity index (χ4v) is 2.64. The number of benzene rings is 1. The van der Waals surface area contributed by atoms with Crippen molar-refractivity contribution >= 4 is 10.9 Å². The molecule has 1 aromatic heterocycles. The first-order valence-corrected chi connectivity index (χ1v) is 7.83. The first-order chi connectivity index (χ1) is 9.76. The molecule has 20 heavy (non-hydrogen) atoms. The summed E-state index contributed by atoms with van der Waals surface area (Å²) in [5.41, 5.74) is 2.49. The largest absolute Gasteiger partial charge is 0.310 e. The normalized spacial score (nSPS) is 14.3. The van der Waals surface area contributed by atoms with Crippen molar-refractivity contribution in [1.82, 2.24) is 10.3 Å². The third-order valence-electron chi connectivity index (χ3n) is 4.03. The van der Waals surface area contributed by atoms with Gasteiger partial charge in [0.2, 0.25) is 0 Å². The Labute approximate surface area is 122 Å². The second-order valence-corrected chi connectivity index (χ2v) is 5.67. The number of aromatic nitrogens is 1. The molecule has 2 aromatic rings. The van der Waals surface area contributed by atoms with Crippen molar-refractivity contribution < 1.29 is 0 Å². The number of hydrogen-bond donors (Lipinski definition) is 1. The van der Waals surface area contributed by atoms with Crippen LogP contribution in [0.5, 0.6) is 0 Å². The lowest BCUT2D eigenvalue weighted by molar-refractivity contribution is 0.404. The monoisotopic (exact) mass is 270 g/mol. The molecule has 2 unspecified atom stereocenters. The van der Waals surface area contributed by atoms with Gasteiger partial charge in [0.05, 0.1) is 5.52 Å². The lowest BCUT2D eigenvalue weighted by Gasteiger charge is -2.23. The first-order valence-electron chi connectivity index (χ1n) is 7.83. The van der Waals surface area contributed by atoms with Crippen molar-refractivity contribution in [3.8, 4) is 0 Å². The van der Waals surface area contributed by atoms with Gasteiger partial charge < -0.3 is 5.32 Å². The summed E-state index contributed by atoms with van der Waals surface area (Å²) < 4.78 is 0. The molecule has 0 aliphatic rings. The van der Waals surface area contributed by atoms with E-state index in [-0.39, 0.29) is 0 Å². The minimum absolute atomic E-state index is 0.429. The summed E-state index contributed by atoms with van der Waals surface area (Å²) in [5.74, 6) is 0.733. The van der Waals surface area contributed by atoms with Crippen molar-refractivity contribution in [2.45, 2.75) is 46.1 Å². The summed E-state index contributed by atoms with van der Waals surface area (Å²) in [6.45, 7) is 7.89. The SMILES string of the molecule is CCCNC(CC(C)CC)c1cccc2ncccc12. The molecule has 2 atom stereocenters. The highest BCUT2D eigenvalue weighted by Crippen LogP contribution is 2.28. The number of pyridine rings is 1. The lowest BCUT2D eigenvalue weighted by atomic mass is 9.92. The topological polar surface area (TPSA) is 24.9 Å². The van der Waals surface area contributed by atoms with E-state index in [1.165, 1.54) is 30.2 Å². The highest BCUT2D eigenvalue weighted by molar-refractivity contribution is 5.82. The van der Waals surface area contributed by atoms with Crippen LogP contribution in [0.3, 0.4) is 0 Å². The van der Waals surface area contributed by atoms with Crippen molar-refractivity contribution in [2.75, 3.05) is 6.54 Å². The Hall–Kier alpha value is -1.41. The summed E-state index contributed by atoms with van der Waals surface area (Å²) >= 11 is 0. The van der Waals surface area contributed by atoms with Gasteiger partial charge in [0.1, 0.15) is 0 Å². The number of nitrogens with one attached hydrogen (secondary N) is 1.